The van der Waals surface area contributed by atoms with Crippen molar-refractivity contribution in [3.63, 3.8) is 0 Å². The van der Waals surface area contributed by atoms with Gasteiger partial charge < -0.3 is 9.64 Å². The van der Waals surface area contributed by atoms with E-state index in [-0.39, 0.29) is 0 Å². The molecule has 4 saturated heterocycles. The van der Waals surface area contributed by atoms with E-state index < -0.39 is 0 Å². The minimum absolute atomic E-state index is 0.554. The smallest absolute Gasteiger partial charge is 0.0547 e. The predicted molar refractivity (Wildman–Crippen MR) is 90.8 cm³/mol. The van der Waals surface area contributed by atoms with Crippen LogP contribution in [-0.4, -0.2) is 37.7 Å². The molecule has 2 bridgehead atoms. The molecule has 0 aromatic rings. The summed E-state index contributed by atoms with van der Waals surface area (Å²) in [6.45, 7) is 13.7. The lowest BCUT2D eigenvalue weighted by Gasteiger charge is -2.62. The fraction of sp³-hybridized carbons (Fsp3) is 1.00. The third kappa shape index (κ3) is 2.13. The largest absolute Gasteiger partial charge is 0.380 e. The number of rotatable bonds is 3. The second-order valence-corrected chi connectivity index (χ2v) is 9.30. The Hall–Kier alpha value is -0.0800. The van der Waals surface area contributed by atoms with E-state index in [9.17, 15) is 0 Å². The van der Waals surface area contributed by atoms with Crippen LogP contribution in [0.2, 0.25) is 0 Å². The molecule has 0 aromatic carbocycles. The van der Waals surface area contributed by atoms with E-state index >= 15 is 0 Å². The van der Waals surface area contributed by atoms with E-state index in [2.05, 4.69) is 25.7 Å². The summed E-state index contributed by atoms with van der Waals surface area (Å²) in [5, 5.41) is 0. The molecule has 5 aliphatic rings. The first-order valence-corrected chi connectivity index (χ1v) is 9.90. The van der Waals surface area contributed by atoms with Gasteiger partial charge in [0.25, 0.3) is 0 Å². The maximum Gasteiger partial charge on any atom is 0.0547 e. The lowest BCUT2D eigenvalue weighted by Crippen LogP contribution is -2.62. The third-order valence-corrected chi connectivity index (χ3v) is 8.19. The van der Waals surface area contributed by atoms with Crippen LogP contribution in [0.25, 0.3) is 0 Å². The molecular weight excluding hydrogens is 270 g/mol. The Morgan fingerprint density at radius 3 is 2.41 bits per heavy atom. The average Bonchev–Trinajstić information content (AvgIpc) is 2.53. The van der Waals surface area contributed by atoms with Gasteiger partial charge in [0.1, 0.15) is 0 Å². The molecule has 4 heterocycles. The molecule has 3 atom stereocenters. The van der Waals surface area contributed by atoms with Crippen molar-refractivity contribution in [2.75, 3.05) is 32.8 Å². The fourth-order valence-electron chi connectivity index (χ4n) is 7.07. The van der Waals surface area contributed by atoms with Crippen LogP contribution in [0, 0.1) is 34.5 Å². The van der Waals surface area contributed by atoms with Crippen LogP contribution >= 0.6 is 0 Å². The summed E-state index contributed by atoms with van der Waals surface area (Å²) in [5.41, 5.74) is 1.23. The summed E-state index contributed by atoms with van der Waals surface area (Å²) >= 11 is 0. The zero-order valence-electron chi connectivity index (χ0n) is 14.9. The summed E-state index contributed by atoms with van der Waals surface area (Å²) < 4.78 is 5.73. The molecule has 2 heteroatoms. The minimum atomic E-state index is 0.554. The SMILES string of the molecule is CCC12CCN(CC1)CC2C1CCCC2(COC2)C1C(C)C. The van der Waals surface area contributed by atoms with Gasteiger partial charge in [0.2, 0.25) is 0 Å². The zero-order valence-corrected chi connectivity index (χ0v) is 14.9. The van der Waals surface area contributed by atoms with Crippen LogP contribution < -0.4 is 0 Å². The minimum Gasteiger partial charge on any atom is -0.380 e. The van der Waals surface area contributed by atoms with Gasteiger partial charge in [-0.2, -0.15) is 0 Å². The molecule has 4 aliphatic heterocycles. The Morgan fingerprint density at radius 1 is 1.14 bits per heavy atom. The molecule has 0 amide bonds. The Balaban J connectivity index is 1.64. The van der Waals surface area contributed by atoms with Crippen molar-refractivity contribution < 1.29 is 4.74 Å². The van der Waals surface area contributed by atoms with Gasteiger partial charge in [0.05, 0.1) is 13.2 Å². The van der Waals surface area contributed by atoms with Crippen LogP contribution in [0.4, 0.5) is 0 Å². The van der Waals surface area contributed by atoms with Crippen LogP contribution in [0.3, 0.4) is 0 Å². The molecule has 3 unspecified atom stereocenters. The number of nitrogens with zero attached hydrogens (tertiary/aromatic N) is 1. The van der Waals surface area contributed by atoms with Crippen molar-refractivity contribution in [3.05, 3.63) is 0 Å². The summed E-state index contributed by atoms with van der Waals surface area (Å²) in [5.74, 6) is 3.65. The van der Waals surface area contributed by atoms with Gasteiger partial charge in [-0.05, 0) is 67.9 Å². The first kappa shape index (κ1) is 15.4. The summed E-state index contributed by atoms with van der Waals surface area (Å²) in [7, 11) is 0. The van der Waals surface area contributed by atoms with Crippen molar-refractivity contribution >= 4 is 0 Å². The molecule has 22 heavy (non-hydrogen) atoms. The molecule has 1 aliphatic carbocycles. The summed E-state index contributed by atoms with van der Waals surface area (Å²) in [4.78, 5) is 2.78. The first-order chi connectivity index (χ1) is 10.6. The van der Waals surface area contributed by atoms with Crippen molar-refractivity contribution in [2.24, 2.45) is 34.5 Å². The van der Waals surface area contributed by atoms with Crippen molar-refractivity contribution in [2.45, 2.75) is 59.3 Å². The molecule has 1 saturated carbocycles. The van der Waals surface area contributed by atoms with Gasteiger partial charge in [0.15, 0.2) is 0 Å². The Morgan fingerprint density at radius 2 is 1.86 bits per heavy atom. The Kier molecular flexibility index (Phi) is 3.85. The maximum atomic E-state index is 5.73. The van der Waals surface area contributed by atoms with Crippen LogP contribution in [0.15, 0.2) is 0 Å². The standard InChI is InChI=1S/C20H35NO/c1-4-19-8-10-21(11-9-19)12-17(19)16-6-5-7-20(13-22-14-20)18(16)15(2)3/h15-18H,4-14H2,1-3H3. The van der Waals surface area contributed by atoms with Gasteiger partial charge in [-0.1, -0.05) is 33.6 Å². The average molecular weight is 306 g/mol. The number of piperidine rings is 3. The van der Waals surface area contributed by atoms with E-state index in [0.717, 1.165) is 36.9 Å². The highest BCUT2D eigenvalue weighted by Gasteiger charge is 2.57. The lowest BCUT2D eigenvalue weighted by molar-refractivity contribution is -0.207. The quantitative estimate of drug-likeness (QED) is 0.775. The van der Waals surface area contributed by atoms with Crippen LogP contribution in [-0.2, 0) is 4.74 Å². The highest BCUT2D eigenvalue weighted by Crippen LogP contribution is 2.60. The van der Waals surface area contributed by atoms with Gasteiger partial charge in [-0.15, -0.1) is 0 Å². The monoisotopic (exact) mass is 305 g/mol. The van der Waals surface area contributed by atoms with E-state index in [0.29, 0.717) is 10.8 Å². The number of hydrogen-bond acceptors (Lipinski definition) is 2. The molecule has 0 N–H and O–H groups in total. The molecule has 5 fully saturated rings. The van der Waals surface area contributed by atoms with Gasteiger partial charge in [-0.3, -0.25) is 0 Å². The Labute approximate surface area is 137 Å². The second kappa shape index (κ2) is 5.48. The molecule has 0 radical (unpaired) electrons. The van der Waals surface area contributed by atoms with Crippen molar-refractivity contribution in [3.8, 4) is 0 Å². The summed E-state index contributed by atoms with van der Waals surface area (Å²) in [6, 6.07) is 0. The number of ether oxygens (including phenoxy) is 1. The lowest BCUT2D eigenvalue weighted by atomic mass is 9.49. The van der Waals surface area contributed by atoms with Gasteiger partial charge in [-0.25, -0.2) is 0 Å². The molecule has 1 spiro atoms. The molecule has 0 aromatic heterocycles. The highest BCUT2D eigenvalue weighted by molar-refractivity contribution is 5.06. The molecule has 5 rings (SSSR count). The van der Waals surface area contributed by atoms with E-state index in [1.54, 1.807) is 0 Å². The number of fused-ring (bicyclic) bond motifs is 3. The normalized spacial score (nSPS) is 46.9. The second-order valence-electron chi connectivity index (χ2n) is 9.30. The fourth-order valence-corrected chi connectivity index (χ4v) is 7.07. The van der Waals surface area contributed by atoms with Crippen LogP contribution in [0.1, 0.15) is 59.3 Å². The zero-order chi connectivity index (χ0) is 15.4. The first-order valence-electron chi connectivity index (χ1n) is 9.90. The maximum absolute atomic E-state index is 5.73. The van der Waals surface area contributed by atoms with Crippen molar-refractivity contribution in [1.82, 2.24) is 4.90 Å². The van der Waals surface area contributed by atoms with Gasteiger partial charge in [0, 0.05) is 12.0 Å². The van der Waals surface area contributed by atoms with E-state index in [1.165, 1.54) is 58.2 Å². The molecule has 2 nitrogen and oxygen atoms in total. The number of hydrogen-bond donors (Lipinski definition) is 0. The molecular formula is C20H35NO. The van der Waals surface area contributed by atoms with Crippen molar-refractivity contribution in [1.29, 1.82) is 0 Å². The topological polar surface area (TPSA) is 12.5 Å². The van der Waals surface area contributed by atoms with Gasteiger partial charge >= 0.3 is 0 Å². The third-order valence-electron chi connectivity index (χ3n) is 8.19. The Bertz CT molecular complexity index is 406. The highest BCUT2D eigenvalue weighted by atomic mass is 16.5. The van der Waals surface area contributed by atoms with Crippen LogP contribution in [0.5, 0.6) is 0 Å². The molecule has 126 valence electrons. The summed E-state index contributed by atoms with van der Waals surface area (Å²) in [6.07, 6.45) is 8.73. The van der Waals surface area contributed by atoms with E-state index in [1.807, 2.05) is 0 Å². The van der Waals surface area contributed by atoms with E-state index in [4.69, 9.17) is 4.74 Å². The predicted octanol–water partition coefficient (Wildman–Crippen LogP) is 4.20.